The van der Waals surface area contributed by atoms with E-state index in [1.807, 2.05) is 30.5 Å². The minimum absolute atomic E-state index is 0.236. The topological polar surface area (TPSA) is 69.1 Å². The van der Waals surface area contributed by atoms with E-state index in [1.165, 1.54) is 0 Å². The van der Waals surface area contributed by atoms with Crippen LogP contribution < -0.4 is 9.64 Å². The number of likely N-dealkylation sites (tertiary alicyclic amines) is 1. The smallest absolute Gasteiger partial charge is 0.303 e. The number of benzene rings is 1. The highest BCUT2D eigenvalue weighted by Crippen LogP contribution is 2.31. The fourth-order valence-electron chi connectivity index (χ4n) is 5.22. The zero-order valence-electron chi connectivity index (χ0n) is 18.9. The molecule has 172 valence electrons. The van der Waals surface area contributed by atoms with Crippen molar-refractivity contribution >= 4 is 11.7 Å². The molecule has 2 aliphatic heterocycles. The number of aliphatic carboxylic acids is 1. The van der Waals surface area contributed by atoms with E-state index >= 15 is 0 Å². The number of carboxylic acids is 1. The van der Waals surface area contributed by atoms with Gasteiger partial charge in [-0.2, -0.15) is 0 Å². The lowest BCUT2D eigenvalue weighted by Crippen LogP contribution is -2.56. The molecule has 2 fully saturated rings. The number of carboxylic acid groups (broad SMARTS) is 1. The molecule has 3 heterocycles. The molecule has 0 saturated carbocycles. The lowest BCUT2D eigenvalue weighted by Gasteiger charge is -2.47. The van der Waals surface area contributed by atoms with Crippen LogP contribution in [0.1, 0.15) is 25.0 Å². The van der Waals surface area contributed by atoms with E-state index in [4.69, 9.17) is 4.74 Å². The molecule has 2 saturated heterocycles. The Labute approximate surface area is 190 Å². The fraction of sp³-hybridized carbons (Fsp3) is 0.520. The molecule has 0 unspecified atom stereocenters. The number of hydrogen-bond acceptors (Lipinski definition) is 6. The van der Waals surface area contributed by atoms with Gasteiger partial charge in [0.15, 0.2) is 0 Å². The average molecular weight is 439 g/mol. The minimum Gasteiger partial charge on any atom is -0.495 e. The molecule has 0 aliphatic carbocycles. The molecule has 4 rings (SSSR count). The molecule has 0 spiro atoms. The Morgan fingerprint density at radius 2 is 1.88 bits per heavy atom. The second-order valence-electron chi connectivity index (χ2n) is 8.80. The predicted octanol–water partition coefficient (Wildman–Crippen LogP) is 2.97. The Hall–Kier alpha value is -2.64. The molecule has 1 aromatic heterocycles. The highest BCUT2D eigenvalue weighted by molar-refractivity contribution is 5.66. The number of hydrogen-bond donors (Lipinski definition) is 1. The van der Waals surface area contributed by atoms with Crippen molar-refractivity contribution in [1.82, 2.24) is 14.8 Å². The van der Waals surface area contributed by atoms with Crippen LogP contribution in [-0.4, -0.2) is 78.3 Å². The van der Waals surface area contributed by atoms with Gasteiger partial charge in [-0.25, -0.2) is 0 Å². The Kier molecular flexibility index (Phi) is 7.60. The molecular formula is C25H34N4O3. The summed E-state index contributed by atoms with van der Waals surface area (Å²) in [5, 5.41) is 9.30. The summed E-state index contributed by atoms with van der Waals surface area (Å²) in [6.07, 6.45) is 3.88. The van der Waals surface area contributed by atoms with Gasteiger partial charge in [-0.05, 0) is 43.0 Å². The van der Waals surface area contributed by atoms with Gasteiger partial charge < -0.3 is 14.7 Å². The van der Waals surface area contributed by atoms with Gasteiger partial charge in [0.05, 0.1) is 18.5 Å². The van der Waals surface area contributed by atoms with E-state index in [1.54, 1.807) is 7.11 Å². The van der Waals surface area contributed by atoms with Gasteiger partial charge in [0.2, 0.25) is 0 Å². The number of pyridine rings is 1. The molecule has 7 nitrogen and oxygen atoms in total. The van der Waals surface area contributed by atoms with Crippen molar-refractivity contribution in [2.24, 2.45) is 5.92 Å². The van der Waals surface area contributed by atoms with Crippen molar-refractivity contribution in [2.45, 2.75) is 31.8 Å². The first kappa shape index (κ1) is 22.6. The van der Waals surface area contributed by atoms with Gasteiger partial charge in [0, 0.05) is 64.5 Å². The number of anilines is 1. The Bertz CT molecular complexity index is 871. The second-order valence-corrected chi connectivity index (χ2v) is 8.80. The maximum absolute atomic E-state index is 11.3. The molecule has 0 amide bonds. The number of para-hydroxylation sites is 2. The Balaban J connectivity index is 1.38. The number of methoxy groups -OCH3 is 1. The molecule has 2 aromatic rings. The first-order valence-electron chi connectivity index (χ1n) is 11.6. The lowest BCUT2D eigenvalue weighted by atomic mass is 9.86. The number of piperidine rings is 1. The predicted molar refractivity (Wildman–Crippen MR) is 125 cm³/mol. The maximum atomic E-state index is 11.3. The van der Waals surface area contributed by atoms with Crippen LogP contribution >= 0.6 is 0 Å². The third kappa shape index (κ3) is 5.58. The van der Waals surface area contributed by atoms with Crippen LogP contribution in [0.15, 0.2) is 48.7 Å². The number of ether oxygens (including phenoxy) is 1. The van der Waals surface area contributed by atoms with Crippen LogP contribution in [0.3, 0.4) is 0 Å². The fourth-order valence-corrected chi connectivity index (χ4v) is 5.22. The number of nitrogens with zero attached hydrogens (tertiary/aromatic N) is 4. The zero-order valence-corrected chi connectivity index (χ0v) is 18.9. The summed E-state index contributed by atoms with van der Waals surface area (Å²) in [6.45, 7) is 6.69. The van der Waals surface area contributed by atoms with Gasteiger partial charge >= 0.3 is 5.97 Å². The molecule has 0 radical (unpaired) electrons. The summed E-state index contributed by atoms with van der Waals surface area (Å²) in [5.74, 6) is 0.580. The van der Waals surface area contributed by atoms with Crippen molar-refractivity contribution in [3.63, 3.8) is 0 Å². The van der Waals surface area contributed by atoms with Crippen molar-refractivity contribution in [3.05, 3.63) is 54.4 Å². The van der Waals surface area contributed by atoms with Gasteiger partial charge in [-0.3, -0.25) is 19.6 Å². The van der Waals surface area contributed by atoms with E-state index < -0.39 is 5.97 Å². The van der Waals surface area contributed by atoms with Gasteiger partial charge in [0.25, 0.3) is 0 Å². The highest BCUT2D eigenvalue weighted by Gasteiger charge is 2.35. The third-order valence-electron chi connectivity index (χ3n) is 6.83. The molecule has 2 atom stereocenters. The molecule has 1 N–H and O–H groups in total. The van der Waals surface area contributed by atoms with E-state index in [0.717, 1.165) is 75.8 Å². The number of aromatic nitrogens is 1. The van der Waals surface area contributed by atoms with E-state index in [9.17, 15) is 9.90 Å². The van der Waals surface area contributed by atoms with E-state index in [2.05, 4.69) is 37.9 Å². The number of carbonyl (C=O) groups is 1. The molecule has 0 bridgehead atoms. The molecule has 7 heteroatoms. The first-order chi connectivity index (χ1) is 15.6. The second kappa shape index (κ2) is 10.8. The molecule has 1 aromatic carbocycles. The van der Waals surface area contributed by atoms with Crippen molar-refractivity contribution in [3.8, 4) is 5.75 Å². The number of rotatable bonds is 8. The average Bonchev–Trinajstić information content (AvgIpc) is 2.83. The maximum Gasteiger partial charge on any atom is 0.303 e. The summed E-state index contributed by atoms with van der Waals surface area (Å²) >= 11 is 0. The normalized spacial score (nSPS) is 22.6. The van der Waals surface area contributed by atoms with Crippen LogP contribution in [-0.2, 0) is 11.3 Å². The van der Waals surface area contributed by atoms with Crippen molar-refractivity contribution in [1.29, 1.82) is 0 Å². The first-order valence-corrected chi connectivity index (χ1v) is 11.6. The monoisotopic (exact) mass is 438 g/mol. The zero-order chi connectivity index (χ0) is 22.3. The summed E-state index contributed by atoms with van der Waals surface area (Å²) in [5.41, 5.74) is 2.23. The Morgan fingerprint density at radius 3 is 2.59 bits per heavy atom. The molecule has 2 aliphatic rings. The van der Waals surface area contributed by atoms with Crippen LogP contribution in [0.2, 0.25) is 0 Å². The Morgan fingerprint density at radius 1 is 1.09 bits per heavy atom. The lowest BCUT2D eigenvalue weighted by molar-refractivity contribution is -0.137. The largest absolute Gasteiger partial charge is 0.495 e. The van der Waals surface area contributed by atoms with Crippen molar-refractivity contribution in [2.75, 3.05) is 51.3 Å². The summed E-state index contributed by atoms with van der Waals surface area (Å²) < 4.78 is 5.55. The van der Waals surface area contributed by atoms with Crippen LogP contribution in [0.5, 0.6) is 5.75 Å². The van der Waals surface area contributed by atoms with Crippen LogP contribution in [0.4, 0.5) is 5.69 Å². The summed E-state index contributed by atoms with van der Waals surface area (Å²) in [6, 6.07) is 14.7. The van der Waals surface area contributed by atoms with Gasteiger partial charge in [-0.15, -0.1) is 0 Å². The summed E-state index contributed by atoms with van der Waals surface area (Å²) in [4.78, 5) is 23.2. The highest BCUT2D eigenvalue weighted by atomic mass is 16.5. The molecular weight excluding hydrogens is 404 g/mol. The molecule has 32 heavy (non-hydrogen) atoms. The van der Waals surface area contributed by atoms with Crippen LogP contribution in [0, 0.1) is 5.92 Å². The standard InChI is InChI=1S/C25H34N4O3/c1-32-24-8-3-2-7-23(24)29-16-14-28(15-17-29)22-11-13-27(18-20(22)9-10-25(30)31)19-21-6-4-5-12-26-21/h2-8,12,20,22H,9-11,13-19H2,1H3,(H,30,31)/t20-,22+/m0/s1. The van der Waals surface area contributed by atoms with Crippen molar-refractivity contribution < 1.29 is 14.6 Å². The van der Waals surface area contributed by atoms with Gasteiger partial charge in [-0.1, -0.05) is 18.2 Å². The quantitative estimate of drug-likeness (QED) is 0.680. The van der Waals surface area contributed by atoms with E-state index in [0.29, 0.717) is 12.0 Å². The van der Waals surface area contributed by atoms with E-state index in [-0.39, 0.29) is 6.42 Å². The number of piperazine rings is 1. The minimum atomic E-state index is -0.702. The van der Waals surface area contributed by atoms with Gasteiger partial charge in [0.1, 0.15) is 5.75 Å². The third-order valence-corrected chi connectivity index (χ3v) is 6.83. The summed E-state index contributed by atoms with van der Waals surface area (Å²) in [7, 11) is 1.72. The SMILES string of the molecule is COc1ccccc1N1CCN([C@@H]2CCN(Cc3ccccn3)C[C@@H]2CCC(=O)O)CC1. The van der Waals surface area contributed by atoms with Crippen LogP contribution in [0.25, 0.3) is 0 Å².